The molecule has 1 aromatic carbocycles. The van der Waals surface area contributed by atoms with Crippen molar-refractivity contribution in [2.24, 2.45) is 5.92 Å². The summed E-state index contributed by atoms with van der Waals surface area (Å²) in [6.07, 6.45) is 1.82. The minimum atomic E-state index is -0.343. The summed E-state index contributed by atoms with van der Waals surface area (Å²) < 4.78 is 5.56. The molecule has 2 heteroatoms. The smallest absolute Gasteiger partial charge is 0.191 e. The van der Waals surface area contributed by atoms with Crippen LogP contribution >= 0.6 is 0 Å². The van der Waals surface area contributed by atoms with E-state index in [0.717, 1.165) is 18.4 Å². The van der Waals surface area contributed by atoms with Gasteiger partial charge in [0.25, 0.3) is 0 Å². The van der Waals surface area contributed by atoms with Gasteiger partial charge in [-0.15, -0.1) is 0 Å². The zero-order valence-corrected chi connectivity index (χ0v) is 11.0. The van der Waals surface area contributed by atoms with E-state index in [1.807, 2.05) is 37.3 Å². The predicted molar refractivity (Wildman–Crippen MR) is 70.3 cm³/mol. The molecule has 94 valence electrons. The first kappa shape index (κ1) is 13.9. The Hall–Kier alpha value is -1.15. The highest BCUT2D eigenvalue weighted by molar-refractivity contribution is 5.99. The van der Waals surface area contributed by atoms with Gasteiger partial charge < -0.3 is 4.74 Å². The molecular weight excluding hydrogens is 212 g/mol. The van der Waals surface area contributed by atoms with Crippen molar-refractivity contribution in [3.63, 3.8) is 0 Å². The van der Waals surface area contributed by atoms with Gasteiger partial charge in [-0.3, -0.25) is 4.79 Å². The summed E-state index contributed by atoms with van der Waals surface area (Å²) in [5.74, 6) is 0.758. The van der Waals surface area contributed by atoms with Gasteiger partial charge >= 0.3 is 0 Å². The summed E-state index contributed by atoms with van der Waals surface area (Å²) in [5, 5.41) is 0. The van der Waals surface area contributed by atoms with Gasteiger partial charge in [-0.05, 0) is 25.7 Å². The second-order valence-electron chi connectivity index (χ2n) is 4.78. The lowest BCUT2D eigenvalue weighted by molar-refractivity contribution is 0.0458. The Balaban J connectivity index is 2.33. The fourth-order valence-electron chi connectivity index (χ4n) is 1.66. The number of Topliss-reactive ketones (excluding diaryl/α,β-unsaturated/α-hetero) is 1. The van der Waals surface area contributed by atoms with E-state index in [-0.39, 0.29) is 11.9 Å². The fourth-order valence-corrected chi connectivity index (χ4v) is 1.66. The predicted octanol–water partition coefficient (Wildman–Crippen LogP) is 3.71. The molecule has 0 spiro atoms. The molecule has 0 aliphatic rings. The highest BCUT2D eigenvalue weighted by Crippen LogP contribution is 2.08. The molecule has 0 aliphatic carbocycles. The summed E-state index contributed by atoms with van der Waals surface area (Å²) in [5.41, 5.74) is 0.726. The second kappa shape index (κ2) is 7.23. The monoisotopic (exact) mass is 234 g/mol. The number of rotatable bonds is 7. The van der Waals surface area contributed by atoms with Gasteiger partial charge in [0.1, 0.15) is 6.10 Å². The largest absolute Gasteiger partial charge is 0.370 e. The van der Waals surface area contributed by atoms with Gasteiger partial charge in [-0.1, -0.05) is 44.2 Å². The lowest BCUT2D eigenvalue weighted by Gasteiger charge is -2.12. The summed E-state index contributed by atoms with van der Waals surface area (Å²) in [6, 6.07) is 9.31. The van der Waals surface area contributed by atoms with E-state index in [0.29, 0.717) is 12.5 Å². The van der Waals surface area contributed by atoms with Crippen molar-refractivity contribution in [2.75, 3.05) is 6.61 Å². The number of benzene rings is 1. The maximum atomic E-state index is 11.9. The average molecular weight is 234 g/mol. The van der Waals surface area contributed by atoms with Crippen LogP contribution in [0.15, 0.2) is 30.3 Å². The van der Waals surface area contributed by atoms with Gasteiger partial charge in [0, 0.05) is 12.2 Å². The standard InChI is InChI=1S/C15H22O2/c1-12(2)8-7-11-17-13(3)15(16)14-9-5-4-6-10-14/h4-6,9-10,12-13H,7-8,11H2,1-3H3. The first-order valence-electron chi connectivity index (χ1n) is 6.32. The Bertz CT molecular complexity index is 330. The van der Waals surface area contributed by atoms with Gasteiger partial charge in [0.05, 0.1) is 0 Å². The second-order valence-corrected chi connectivity index (χ2v) is 4.78. The van der Waals surface area contributed by atoms with Crippen LogP contribution in [0, 0.1) is 5.92 Å². The number of ketones is 1. The Labute approximate surface area is 104 Å². The highest BCUT2D eigenvalue weighted by atomic mass is 16.5. The quantitative estimate of drug-likeness (QED) is 0.531. The van der Waals surface area contributed by atoms with Crippen LogP contribution in [0.5, 0.6) is 0 Å². The molecular formula is C15H22O2. The first-order chi connectivity index (χ1) is 8.11. The summed E-state index contributed by atoms with van der Waals surface area (Å²) in [7, 11) is 0. The molecule has 1 rings (SSSR count). The topological polar surface area (TPSA) is 26.3 Å². The molecule has 0 saturated carbocycles. The molecule has 1 aromatic rings. The Morgan fingerprint density at radius 3 is 2.41 bits per heavy atom. The van der Waals surface area contributed by atoms with Crippen molar-refractivity contribution < 1.29 is 9.53 Å². The summed E-state index contributed by atoms with van der Waals surface area (Å²) in [6.45, 7) is 6.87. The van der Waals surface area contributed by atoms with Crippen LogP contribution in [0.1, 0.15) is 44.0 Å². The van der Waals surface area contributed by atoms with Crippen molar-refractivity contribution >= 4 is 5.78 Å². The molecule has 2 nitrogen and oxygen atoms in total. The molecule has 1 atom stereocenters. The SMILES string of the molecule is CC(C)CCCOC(C)C(=O)c1ccccc1. The van der Waals surface area contributed by atoms with Crippen molar-refractivity contribution in [3.8, 4) is 0 Å². The lowest BCUT2D eigenvalue weighted by Crippen LogP contribution is -2.21. The van der Waals surface area contributed by atoms with Crippen LogP contribution in [-0.4, -0.2) is 18.5 Å². The van der Waals surface area contributed by atoms with Gasteiger partial charge in [0.15, 0.2) is 5.78 Å². The molecule has 0 aromatic heterocycles. The van der Waals surface area contributed by atoms with Crippen molar-refractivity contribution in [2.45, 2.75) is 39.7 Å². The normalized spacial score (nSPS) is 12.7. The third-order valence-electron chi connectivity index (χ3n) is 2.72. The molecule has 17 heavy (non-hydrogen) atoms. The summed E-state index contributed by atoms with van der Waals surface area (Å²) in [4.78, 5) is 11.9. The number of hydrogen-bond donors (Lipinski definition) is 0. The van der Waals surface area contributed by atoms with Crippen molar-refractivity contribution in [1.29, 1.82) is 0 Å². The van der Waals surface area contributed by atoms with Crippen LogP contribution in [0.25, 0.3) is 0 Å². The van der Waals surface area contributed by atoms with Gasteiger partial charge in [0.2, 0.25) is 0 Å². The van der Waals surface area contributed by atoms with E-state index in [1.54, 1.807) is 0 Å². The van der Waals surface area contributed by atoms with E-state index in [1.165, 1.54) is 0 Å². The van der Waals surface area contributed by atoms with Crippen LogP contribution in [0.4, 0.5) is 0 Å². The van der Waals surface area contributed by atoms with Gasteiger partial charge in [-0.25, -0.2) is 0 Å². The Morgan fingerprint density at radius 1 is 1.18 bits per heavy atom. The molecule has 0 amide bonds. The summed E-state index contributed by atoms with van der Waals surface area (Å²) >= 11 is 0. The first-order valence-corrected chi connectivity index (χ1v) is 6.32. The van der Waals surface area contributed by atoms with E-state index in [9.17, 15) is 4.79 Å². The maximum Gasteiger partial charge on any atom is 0.191 e. The Kier molecular flexibility index (Phi) is 5.92. The van der Waals surface area contributed by atoms with Crippen LogP contribution < -0.4 is 0 Å². The van der Waals surface area contributed by atoms with Crippen LogP contribution in [0.3, 0.4) is 0 Å². The molecule has 1 unspecified atom stereocenters. The molecule has 0 N–H and O–H groups in total. The third kappa shape index (κ3) is 5.14. The van der Waals surface area contributed by atoms with Crippen molar-refractivity contribution in [3.05, 3.63) is 35.9 Å². The van der Waals surface area contributed by atoms with E-state index < -0.39 is 0 Å². The van der Waals surface area contributed by atoms with E-state index in [4.69, 9.17) is 4.74 Å². The lowest BCUT2D eigenvalue weighted by atomic mass is 10.1. The molecule has 0 bridgehead atoms. The fraction of sp³-hybridized carbons (Fsp3) is 0.533. The maximum absolute atomic E-state index is 11.9. The van der Waals surface area contributed by atoms with E-state index >= 15 is 0 Å². The third-order valence-corrected chi connectivity index (χ3v) is 2.72. The molecule has 0 saturated heterocycles. The Morgan fingerprint density at radius 2 is 1.82 bits per heavy atom. The molecule has 0 radical (unpaired) electrons. The van der Waals surface area contributed by atoms with Crippen LogP contribution in [0.2, 0.25) is 0 Å². The number of carbonyl (C=O) groups is 1. The number of ether oxygens (including phenoxy) is 1. The minimum Gasteiger partial charge on any atom is -0.370 e. The molecule has 0 heterocycles. The minimum absolute atomic E-state index is 0.0650. The van der Waals surface area contributed by atoms with Crippen LogP contribution in [-0.2, 0) is 4.74 Å². The number of carbonyl (C=O) groups excluding carboxylic acids is 1. The zero-order chi connectivity index (χ0) is 12.7. The van der Waals surface area contributed by atoms with E-state index in [2.05, 4.69) is 13.8 Å². The highest BCUT2D eigenvalue weighted by Gasteiger charge is 2.14. The average Bonchev–Trinajstić information content (AvgIpc) is 2.34. The van der Waals surface area contributed by atoms with Gasteiger partial charge in [-0.2, -0.15) is 0 Å². The number of hydrogen-bond acceptors (Lipinski definition) is 2. The molecule has 0 aliphatic heterocycles. The zero-order valence-electron chi connectivity index (χ0n) is 11.0. The molecule has 0 fully saturated rings. The van der Waals surface area contributed by atoms with Crippen molar-refractivity contribution in [1.82, 2.24) is 0 Å².